The van der Waals surface area contributed by atoms with E-state index < -0.39 is 0 Å². The molecular weight excluding hydrogens is 299 g/mol. The molecule has 1 aromatic carbocycles. The van der Waals surface area contributed by atoms with Gasteiger partial charge in [0.1, 0.15) is 11.5 Å². The van der Waals surface area contributed by atoms with Gasteiger partial charge in [-0.15, -0.1) is 11.3 Å². The van der Waals surface area contributed by atoms with Crippen molar-refractivity contribution in [1.29, 1.82) is 0 Å². The summed E-state index contributed by atoms with van der Waals surface area (Å²) < 4.78 is 13.3. The third-order valence-corrected chi connectivity index (χ3v) is 4.53. The number of benzene rings is 1. The lowest BCUT2D eigenvalue weighted by atomic mass is 10.1. The standard InChI is InChI=1S/C16H11FN4S/c1-9-16(22-8-19-9)10-2-3-13-14(5-10)20-21-15(13)11-4-12(17)7-18-6-11/h2-8H,1H3,(H,20,21). The molecule has 22 heavy (non-hydrogen) atoms. The van der Waals surface area contributed by atoms with Crippen molar-refractivity contribution < 1.29 is 4.39 Å². The minimum absolute atomic E-state index is 0.370. The third kappa shape index (κ3) is 2.08. The summed E-state index contributed by atoms with van der Waals surface area (Å²) in [5.41, 5.74) is 6.22. The molecular formula is C16H11FN4S. The van der Waals surface area contributed by atoms with Crippen LogP contribution in [0.25, 0.3) is 32.6 Å². The van der Waals surface area contributed by atoms with Crippen molar-refractivity contribution in [3.05, 3.63) is 53.7 Å². The Kier molecular flexibility index (Phi) is 2.97. The van der Waals surface area contributed by atoms with Crippen molar-refractivity contribution in [1.82, 2.24) is 20.2 Å². The number of H-pyrrole nitrogens is 1. The summed E-state index contributed by atoms with van der Waals surface area (Å²) in [7, 11) is 0. The second-order valence-electron chi connectivity index (χ2n) is 4.99. The molecule has 0 unspecified atom stereocenters. The predicted molar refractivity (Wildman–Crippen MR) is 85.1 cm³/mol. The van der Waals surface area contributed by atoms with E-state index in [1.165, 1.54) is 12.3 Å². The first-order valence-corrected chi connectivity index (χ1v) is 7.60. The van der Waals surface area contributed by atoms with Gasteiger partial charge in [-0.3, -0.25) is 10.1 Å². The summed E-state index contributed by atoms with van der Waals surface area (Å²) in [6.45, 7) is 1.99. The average molecular weight is 310 g/mol. The predicted octanol–water partition coefficient (Wildman–Crippen LogP) is 4.20. The molecule has 0 spiro atoms. The van der Waals surface area contributed by atoms with Gasteiger partial charge < -0.3 is 0 Å². The molecule has 0 saturated heterocycles. The number of aromatic amines is 1. The molecule has 0 aliphatic heterocycles. The summed E-state index contributed by atoms with van der Waals surface area (Å²) in [4.78, 5) is 9.30. The molecule has 0 fully saturated rings. The van der Waals surface area contributed by atoms with Crippen LogP contribution >= 0.6 is 11.3 Å². The number of thiazole rings is 1. The van der Waals surface area contributed by atoms with Crippen LogP contribution in [0, 0.1) is 12.7 Å². The Morgan fingerprint density at radius 2 is 2.05 bits per heavy atom. The molecule has 0 aliphatic rings. The Bertz CT molecular complexity index is 973. The largest absolute Gasteiger partial charge is 0.277 e. The van der Waals surface area contributed by atoms with Gasteiger partial charge >= 0.3 is 0 Å². The second kappa shape index (κ2) is 4.99. The number of hydrogen-bond donors (Lipinski definition) is 1. The van der Waals surface area contributed by atoms with E-state index in [4.69, 9.17) is 0 Å². The van der Waals surface area contributed by atoms with E-state index in [9.17, 15) is 4.39 Å². The number of rotatable bonds is 2. The summed E-state index contributed by atoms with van der Waals surface area (Å²) in [6.07, 6.45) is 2.79. The van der Waals surface area contributed by atoms with Gasteiger partial charge in [0.15, 0.2) is 0 Å². The normalized spacial score (nSPS) is 11.2. The van der Waals surface area contributed by atoms with Crippen LogP contribution in [0.15, 0.2) is 42.2 Å². The number of nitrogens with one attached hydrogen (secondary N) is 1. The van der Waals surface area contributed by atoms with Gasteiger partial charge in [0.25, 0.3) is 0 Å². The summed E-state index contributed by atoms with van der Waals surface area (Å²) in [6, 6.07) is 7.51. The summed E-state index contributed by atoms with van der Waals surface area (Å²) in [5, 5.41) is 8.26. The maximum absolute atomic E-state index is 13.3. The Balaban J connectivity index is 1.86. The van der Waals surface area contributed by atoms with Crippen molar-refractivity contribution in [2.75, 3.05) is 0 Å². The molecule has 0 amide bonds. The zero-order chi connectivity index (χ0) is 15.1. The maximum atomic E-state index is 13.3. The molecule has 1 N–H and O–H groups in total. The molecule has 4 rings (SSSR count). The van der Waals surface area contributed by atoms with E-state index in [1.54, 1.807) is 17.5 Å². The molecule has 3 aromatic heterocycles. The van der Waals surface area contributed by atoms with Gasteiger partial charge in [0.2, 0.25) is 0 Å². The highest BCUT2D eigenvalue weighted by Crippen LogP contribution is 2.32. The van der Waals surface area contributed by atoms with Crippen LogP contribution in [0.2, 0.25) is 0 Å². The van der Waals surface area contributed by atoms with Crippen LogP contribution in [0.1, 0.15) is 5.69 Å². The number of aryl methyl sites for hydroxylation is 1. The number of nitrogens with zero attached hydrogens (tertiary/aromatic N) is 3. The molecule has 0 atom stereocenters. The van der Waals surface area contributed by atoms with Gasteiger partial charge in [0.05, 0.1) is 27.8 Å². The highest BCUT2D eigenvalue weighted by Gasteiger charge is 2.12. The molecule has 3 heterocycles. The number of fused-ring (bicyclic) bond motifs is 1. The first kappa shape index (κ1) is 13.1. The lowest BCUT2D eigenvalue weighted by Gasteiger charge is -2.01. The van der Waals surface area contributed by atoms with Crippen molar-refractivity contribution in [3.8, 4) is 21.7 Å². The first-order valence-electron chi connectivity index (χ1n) is 6.72. The number of pyridine rings is 1. The zero-order valence-electron chi connectivity index (χ0n) is 11.7. The third-order valence-electron chi connectivity index (χ3n) is 3.55. The van der Waals surface area contributed by atoms with E-state index in [0.717, 1.165) is 27.0 Å². The zero-order valence-corrected chi connectivity index (χ0v) is 12.5. The summed E-state index contributed by atoms with van der Waals surface area (Å²) in [5.74, 6) is -0.370. The molecule has 0 radical (unpaired) electrons. The van der Waals surface area contributed by atoms with Crippen LogP contribution in [0.4, 0.5) is 4.39 Å². The molecule has 6 heteroatoms. The van der Waals surface area contributed by atoms with E-state index in [0.29, 0.717) is 11.3 Å². The highest BCUT2D eigenvalue weighted by molar-refractivity contribution is 7.13. The molecule has 108 valence electrons. The minimum atomic E-state index is -0.370. The molecule has 0 bridgehead atoms. The molecule has 0 aliphatic carbocycles. The first-order chi connectivity index (χ1) is 10.7. The van der Waals surface area contributed by atoms with Crippen LogP contribution in [-0.4, -0.2) is 20.2 Å². The Labute approximate surface area is 129 Å². The highest BCUT2D eigenvalue weighted by atomic mass is 32.1. The average Bonchev–Trinajstić information content (AvgIpc) is 3.12. The smallest absolute Gasteiger partial charge is 0.142 e. The fourth-order valence-corrected chi connectivity index (χ4v) is 3.30. The molecule has 4 nitrogen and oxygen atoms in total. The van der Waals surface area contributed by atoms with Crippen LogP contribution < -0.4 is 0 Å². The SMILES string of the molecule is Cc1ncsc1-c1ccc2c(-c3cncc(F)c3)n[nH]c2c1. The van der Waals surface area contributed by atoms with Crippen molar-refractivity contribution >= 4 is 22.2 Å². The van der Waals surface area contributed by atoms with Crippen LogP contribution in [0.3, 0.4) is 0 Å². The number of hydrogen-bond acceptors (Lipinski definition) is 4. The van der Waals surface area contributed by atoms with Crippen LogP contribution in [-0.2, 0) is 0 Å². The van der Waals surface area contributed by atoms with Crippen molar-refractivity contribution in [2.24, 2.45) is 0 Å². The van der Waals surface area contributed by atoms with E-state index >= 15 is 0 Å². The van der Waals surface area contributed by atoms with E-state index in [1.807, 2.05) is 30.6 Å². The number of aromatic nitrogens is 4. The minimum Gasteiger partial charge on any atom is -0.277 e. The van der Waals surface area contributed by atoms with Gasteiger partial charge in [-0.2, -0.15) is 5.10 Å². The number of halogens is 1. The Hall–Kier alpha value is -2.60. The lowest BCUT2D eigenvalue weighted by molar-refractivity contribution is 0.622. The van der Waals surface area contributed by atoms with Gasteiger partial charge in [-0.25, -0.2) is 9.37 Å². The van der Waals surface area contributed by atoms with Crippen molar-refractivity contribution in [2.45, 2.75) is 6.92 Å². The Morgan fingerprint density at radius 1 is 1.14 bits per heavy atom. The quantitative estimate of drug-likeness (QED) is 0.604. The van der Waals surface area contributed by atoms with Gasteiger partial charge in [-0.1, -0.05) is 6.07 Å². The Morgan fingerprint density at radius 3 is 2.82 bits per heavy atom. The van der Waals surface area contributed by atoms with Gasteiger partial charge in [-0.05, 0) is 30.7 Å². The maximum Gasteiger partial charge on any atom is 0.142 e. The monoisotopic (exact) mass is 310 g/mol. The topological polar surface area (TPSA) is 54.5 Å². The molecule has 0 saturated carbocycles. The summed E-state index contributed by atoms with van der Waals surface area (Å²) >= 11 is 1.61. The van der Waals surface area contributed by atoms with E-state index in [-0.39, 0.29) is 5.82 Å². The fourth-order valence-electron chi connectivity index (χ4n) is 2.50. The van der Waals surface area contributed by atoms with Crippen molar-refractivity contribution in [3.63, 3.8) is 0 Å². The fraction of sp³-hybridized carbons (Fsp3) is 0.0625. The van der Waals surface area contributed by atoms with Gasteiger partial charge in [0, 0.05) is 17.1 Å². The van der Waals surface area contributed by atoms with Crippen LogP contribution in [0.5, 0.6) is 0 Å². The second-order valence-corrected chi connectivity index (χ2v) is 5.85. The molecule has 4 aromatic rings. The van der Waals surface area contributed by atoms with E-state index in [2.05, 4.69) is 20.2 Å². The lowest BCUT2D eigenvalue weighted by Crippen LogP contribution is -1.84.